The molecule has 86 valence electrons. The minimum Gasteiger partial charge on any atom is -0.389 e. The van der Waals surface area contributed by atoms with Crippen molar-refractivity contribution in [2.24, 2.45) is 0 Å². The summed E-state index contributed by atoms with van der Waals surface area (Å²) in [7, 11) is 0. The molecule has 0 saturated carbocycles. The molecule has 0 radical (unpaired) electrons. The van der Waals surface area contributed by atoms with E-state index in [-0.39, 0.29) is 0 Å². The summed E-state index contributed by atoms with van der Waals surface area (Å²) in [5.41, 5.74) is 2.15. The van der Waals surface area contributed by atoms with E-state index in [0.717, 1.165) is 17.1 Å². The van der Waals surface area contributed by atoms with Crippen molar-refractivity contribution in [1.82, 2.24) is 9.55 Å². The molecule has 1 aromatic heterocycles. The van der Waals surface area contributed by atoms with Crippen molar-refractivity contribution in [3.8, 4) is 11.8 Å². The maximum Gasteiger partial charge on any atom is 0.110 e. The molecule has 0 aliphatic carbocycles. The highest BCUT2D eigenvalue weighted by molar-refractivity contribution is 5.49. The second kappa shape index (κ2) is 4.40. The van der Waals surface area contributed by atoms with Gasteiger partial charge < -0.3 is 9.67 Å². The van der Waals surface area contributed by atoms with E-state index in [1.54, 1.807) is 31.3 Å². The highest BCUT2D eigenvalue weighted by Crippen LogP contribution is 2.23. The van der Waals surface area contributed by atoms with Crippen LogP contribution < -0.4 is 0 Å². The van der Waals surface area contributed by atoms with E-state index in [2.05, 4.69) is 11.1 Å². The van der Waals surface area contributed by atoms with Crippen molar-refractivity contribution in [3.05, 3.63) is 47.5 Å². The van der Waals surface area contributed by atoms with Gasteiger partial charge in [-0.15, -0.1) is 0 Å². The van der Waals surface area contributed by atoms with Crippen LogP contribution in [0.1, 0.15) is 30.0 Å². The van der Waals surface area contributed by atoms with Crippen LogP contribution in [0.2, 0.25) is 0 Å². The third-order valence-electron chi connectivity index (χ3n) is 2.69. The van der Waals surface area contributed by atoms with E-state index >= 15 is 0 Å². The number of benzene rings is 1. The van der Waals surface area contributed by atoms with Crippen LogP contribution in [0, 0.1) is 18.3 Å². The summed E-state index contributed by atoms with van der Waals surface area (Å²) in [4.78, 5) is 4.15. The van der Waals surface area contributed by atoms with Gasteiger partial charge >= 0.3 is 0 Å². The number of aliphatic hydroxyl groups excluding tert-OH is 1. The summed E-state index contributed by atoms with van der Waals surface area (Å²) in [6.07, 6.45) is 2.93. The molecule has 1 unspecified atom stereocenters. The van der Waals surface area contributed by atoms with Gasteiger partial charge in [-0.3, -0.25) is 0 Å². The van der Waals surface area contributed by atoms with Crippen molar-refractivity contribution in [1.29, 1.82) is 5.26 Å². The molecule has 1 atom stereocenters. The average Bonchev–Trinajstić information content (AvgIpc) is 2.74. The van der Waals surface area contributed by atoms with Crippen molar-refractivity contribution < 1.29 is 5.11 Å². The number of hydrogen-bond donors (Lipinski definition) is 1. The van der Waals surface area contributed by atoms with E-state index in [1.165, 1.54) is 0 Å². The van der Waals surface area contributed by atoms with E-state index in [1.807, 2.05) is 17.7 Å². The van der Waals surface area contributed by atoms with Crippen molar-refractivity contribution in [2.75, 3.05) is 0 Å². The molecule has 17 heavy (non-hydrogen) atoms. The van der Waals surface area contributed by atoms with Gasteiger partial charge in [0.25, 0.3) is 0 Å². The molecule has 1 heterocycles. The number of aromatic nitrogens is 2. The van der Waals surface area contributed by atoms with Crippen molar-refractivity contribution in [2.45, 2.75) is 20.0 Å². The Hall–Kier alpha value is -2.12. The molecule has 0 spiro atoms. The van der Waals surface area contributed by atoms with E-state index in [0.29, 0.717) is 5.56 Å². The Bertz CT molecular complexity index is 579. The third kappa shape index (κ3) is 2.05. The Morgan fingerprint density at radius 1 is 1.47 bits per heavy atom. The van der Waals surface area contributed by atoms with Gasteiger partial charge in [-0.25, -0.2) is 4.98 Å². The molecular formula is C13H13N3O. The smallest absolute Gasteiger partial charge is 0.110 e. The standard InChI is InChI=1S/C13H13N3O/c1-9(17)12-4-3-11(8-14)7-13(12)16-6-5-15-10(16)2/h3-7,9,17H,1-2H3. The fourth-order valence-electron chi connectivity index (χ4n) is 1.81. The molecule has 4 heteroatoms. The second-order valence-corrected chi connectivity index (χ2v) is 3.91. The molecule has 1 aromatic carbocycles. The monoisotopic (exact) mass is 227 g/mol. The van der Waals surface area contributed by atoms with Crippen LogP contribution in [0.5, 0.6) is 0 Å². The topological polar surface area (TPSA) is 61.8 Å². The number of imidazole rings is 1. The van der Waals surface area contributed by atoms with Crippen LogP contribution in [0.15, 0.2) is 30.6 Å². The van der Waals surface area contributed by atoms with Gasteiger partial charge in [-0.05, 0) is 26.0 Å². The first-order valence-electron chi connectivity index (χ1n) is 5.36. The molecule has 0 saturated heterocycles. The van der Waals surface area contributed by atoms with Gasteiger partial charge in [0.05, 0.1) is 23.4 Å². The third-order valence-corrected chi connectivity index (χ3v) is 2.69. The van der Waals surface area contributed by atoms with Crippen LogP contribution in [0.3, 0.4) is 0 Å². The zero-order valence-corrected chi connectivity index (χ0v) is 9.75. The number of aliphatic hydroxyl groups is 1. The molecule has 1 N–H and O–H groups in total. The molecule has 0 bridgehead atoms. The molecule has 2 aromatic rings. The lowest BCUT2D eigenvalue weighted by Crippen LogP contribution is -2.04. The van der Waals surface area contributed by atoms with E-state index in [4.69, 9.17) is 5.26 Å². The SMILES string of the molecule is Cc1nccn1-c1cc(C#N)ccc1C(C)O. The molecule has 0 amide bonds. The van der Waals surface area contributed by atoms with Gasteiger partial charge in [0.15, 0.2) is 0 Å². The Morgan fingerprint density at radius 3 is 2.76 bits per heavy atom. The normalized spacial score (nSPS) is 12.1. The van der Waals surface area contributed by atoms with Crippen LogP contribution in [-0.2, 0) is 0 Å². The van der Waals surface area contributed by atoms with Gasteiger partial charge in [0, 0.05) is 18.0 Å². The zero-order chi connectivity index (χ0) is 12.4. The maximum absolute atomic E-state index is 9.74. The number of aryl methyl sites for hydroxylation is 1. The van der Waals surface area contributed by atoms with Gasteiger partial charge in [0.1, 0.15) is 5.82 Å². The fourth-order valence-corrected chi connectivity index (χ4v) is 1.81. The largest absolute Gasteiger partial charge is 0.389 e. The average molecular weight is 227 g/mol. The zero-order valence-electron chi connectivity index (χ0n) is 9.75. The fraction of sp³-hybridized carbons (Fsp3) is 0.231. The molecule has 0 aliphatic rings. The molecular weight excluding hydrogens is 214 g/mol. The van der Waals surface area contributed by atoms with Crippen LogP contribution in [0.25, 0.3) is 5.69 Å². The van der Waals surface area contributed by atoms with Gasteiger partial charge in [-0.2, -0.15) is 5.26 Å². The molecule has 2 rings (SSSR count). The van der Waals surface area contributed by atoms with Gasteiger partial charge in [0.2, 0.25) is 0 Å². The van der Waals surface area contributed by atoms with Crippen molar-refractivity contribution in [3.63, 3.8) is 0 Å². The Morgan fingerprint density at radius 2 is 2.24 bits per heavy atom. The maximum atomic E-state index is 9.74. The van der Waals surface area contributed by atoms with Crippen molar-refractivity contribution >= 4 is 0 Å². The number of rotatable bonds is 2. The lowest BCUT2D eigenvalue weighted by Gasteiger charge is -2.14. The Labute approximate surface area is 99.8 Å². The summed E-state index contributed by atoms with van der Waals surface area (Å²) in [6, 6.07) is 7.34. The summed E-state index contributed by atoms with van der Waals surface area (Å²) in [5.74, 6) is 0.821. The number of nitriles is 1. The predicted molar refractivity (Wildman–Crippen MR) is 63.6 cm³/mol. The summed E-state index contributed by atoms with van der Waals surface area (Å²) >= 11 is 0. The number of hydrogen-bond acceptors (Lipinski definition) is 3. The lowest BCUT2D eigenvalue weighted by atomic mass is 10.1. The minimum absolute atomic E-state index is 0.567. The molecule has 0 aliphatic heterocycles. The second-order valence-electron chi connectivity index (χ2n) is 3.91. The van der Waals surface area contributed by atoms with Crippen LogP contribution in [-0.4, -0.2) is 14.7 Å². The quantitative estimate of drug-likeness (QED) is 0.854. The Balaban J connectivity index is 2.66. The molecule has 0 fully saturated rings. The Kier molecular flexibility index (Phi) is 2.94. The predicted octanol–water partition coefficient (Wildman–Crippen LogP) is 2.11. The van der Waals surface area contributed by atoms with E-state index < -0.39 is 6.10 Å². The highest BCUT2D eigenvalue weighted by Gasteiger charge is 2.11. The summed E-state index contributed by atoms with van der Waals surface area (Å²) in [5, 5.41) is 18.7. The van der Waals surface area contributed by atoms with Crippen LogP contribution >= 0.6 is 0 Å². The lowest BCUT2D eigenvalue weighted by molar-refractivity contribution is 0.199. The first kappa shape index (κ1) is 11.4. The van der Waals surface area contributed by atoms with E-state index in [9.17, 15) is 5.11 Å². The van der Waals surface area contributed by atoms with Crippen LogP contribution in [0.4, 0.5) is 0 Å². The molecule has 4 nitrogen and oxygen atoms in total. The van der Waals surface area contributed by atoms with Gasteiger partial charge in [-0.1, -0.05) is 6.07 Å². The first-order chi connectivity index (χ1) is 8.13. The number of nitrogens with zero attached hydrogens (tertiary/aromatic N) is 3. The summed E-state index contributed by atoms with van der Waals surface area (Å²) in [6.45, 7) is 3.59. The summed E-state index contributed by atoms with van der Waals surface area (Å²) < 4.78 is 1.86. The minimum atomic E-state index is -0.584. The highest BCUT2D eigenvalue weighted by atomic mass is 16.3. The first-order valence-corrected chi connectivity index (χ1v) is 5.36.